The fourth-order valence-corrected chi connectivity index (χ4v) is 2.68. The van der Waals surface area contributed by atoms with Crippen LogP contribution in [0.2, 0.25) is 0 Å². The summed E-state index contributed by atoms with van der Waals surface area (Å²) < 4.78 is 22.7. The Kier molecular flexibility index (Phi) is 8.39. The maximum absolute atomic E-state index is 11.8. The van der Waals surface area contributed by atoms with Crippen molar-refractivity contribution in [2.45, 2.75) is 31.9 Å². The van der Waals surface area contributed by atoms with Crippen LogP contribution >= 0.6 is 24.0 Å². The molecule has 26 heavy (non-hydrogen) atoms. The number of guanidine groups is 1. The average molecular weight is 492 g/mol. The van der Waals surface area contributed by atoms with Crippen LogP contribution in [0.1, 0.15) is 26.3 Å². The summed E-state index contributed by atoms with van der Waals surface area (Å²) in [6.07, 6.45) is 4.13. The minimum atomic E-state index is -3.16. The number of H-pyrrole nitrogens is 1. The highest BCUT2D eigenvalue weighted by Crippen LogP contribution is 2.18. The Morgan fingerprint density at radius 1 is 1.23 bits per heavy atom. The number of sulfone groups is 1. The van der Waals surface area contributed by atoms with Crippen molar-refractivity contribution in [3.05, 3.63) is 36.0 Å². The minimum Gasteiger partial charge on any atom is -0.361 e. The van der Waals surface area contributed by atoms with E-state index in [0.29, 0.717) is 12.5 Å². The van der Waals surface area contributed by atoms with Crippen LogP contribution in [0.5, 0.6) is 0 Å². The average Bonchev–Trinajstić information content (AvgIpc) is 2.95. The van der Waals surface area contributed by atoms with Gasteiger partial charge in [0.15, 0.2) is 15.8 Å². The molecule has 2 aromatic rings. The Bertz CT molecular complexity index is 844. The fraction of sp³-hybridized carbons (Fsp3) is 0.500. The van der Waals surface area contributed by atoms with Crippen LogP contribution in [0.4, 0.5) is 0 Å². The quantitative estimate of drug-likeness (QED) is 0.315. The molecule has 1 heterocycles. The highest BCUT2D eigenvalue weighted by molar-refractivity contribution is 14.0. The third-order valence-electron chi connectivity index (χ3n) is 4.33. The fourth-order valence-electron chi connectivity index (χ4n) is 2.38. The minimum absolute atomic E-state index is 0. The molecule has 0 unspecified atom stereocenters. The van der Waals surface area contributed by atoms with Crippen molar-refractivity contribution in [3.63, 3.8) is 0 Å². The second kappa shape index (κ2) is 9.59. The number of hydrogen-bond donors (Lipinski definition) is 3. The zero-order valence-electron chi connectivity index (χ0n) is 15.8. The van der Waals surface area contributed by atoms with Gasteiger partial charge in [-0.2, -0.15) is 0 Å². The first kappa shape index (κ1) is 22.8. The van der Waals surface area contributed by atoms with Crippen LogP contribution in [0.25, 0.3) is 10.9 Å². The molecule has 0 spiro atoms. The molecule has 0 aliphatic rings. The molecule has 0 bridgehead atoms. The molecule has 0 aliphatic carbocycles. The molecular formula is C18H29IN4O2S. The van der Waals surface area contributed by atoms with Gasteiger partial charge in [-0.1, -0.05) is 18.2 Å². The molecule has 6 nitrogen and oxygen atoms in total. The molecule has 0 amide bonds. The lowest BCUT2D eigenvalue weighted by atomic mass is 10.1. The Hall–Kier alpha value is -1.29. The summed E-state index contributed by atoms with van der Waals surface area (Å²) in [6, 6.07) is 8.21. The monoisotopic (exact) mass is 492 g/mol. The van der Waals surface area contributed by atoms with Gasteiger partial charge in [0.25, 0.3) is 0 Å². The number of fused-ring (bicyclic) bond motifs is 1. The number of hydrogen-bond acceptors (Lipinski definition) is 3. The first-order valence-electron chi connectivity index (χ1n) is 8.51. The predicted octanol–water partition coefficient (Wildman–Crippen LogP) is 2.71. The maximum atomic E-state index is 11.8. The zero-order valence-corrected chi connectivity index (χ0v) is 18.9. The molecule has 146 valence electrons. The molecule has 0 atom stereocenters. The van der Waals surface area contributed by atoms with Gasteiger partial charge in [0, 0.05) is 36.4 Å². The number of aromatic amines is 1. The van der Waals surface area contributed by atoms with E-state index in [-0.39, 0.29) is 30.5 Å². The van der Waals surface area contributed by atoms with Crippen molar-refractivity contribution < 1.29 is 8.42 Å². The normalized spacial score (nSPS) is 12.7. The van der Waals surface area contributed by atoms with E-state index in [2.05, 4.69) is 32.7 Å². The topological polar surface area (TPSA) is 86.3 Å². The van der Waals surface area contributed by atoms with Crippen LogP contribution in [0.15, 0.2) is 35.5 Å². The standard InChI is InChI=1S/C18H28N4O2S.HI/c1-5-19-17(22-13-18(2,3)25(4,23)24)20-11-10-14-12-21-16-9-7-6-8-15(14)16;/h6-9,12,21H,5,10-11,13H2,1-4H3,(H2,19,20,22);1H. The van der Waals surface area contributed by atoms with Crippen LogP contribution in [0.3, 0.4) is 0 Å². The zero-order chi connectivity index (χ0) is 18.5. The number of aromatic nitrogens is 1. The summed E-state index contributed by atoms with van der Waals surface area (Å²) in [7, 11) is -3.16. The molecule has 8 heteroatoms. The largest absolute Gasteiger partial charge is 0.361 e. The van der Waals surface area contributed by atoms with Gasteiger partial charge >= 0.3 is 0 Å². The predicted molar refractivity (Wildman–Crippen MR) is 120 cm³/mol. The molecule has 3 N–H and O–H groups in total. The van der Waals surface area contributed by atoms with E-state index >= 15 is 0 Å². The van der Waals surface area contributed by atoms with Crippen LogP contribution in [0, 0.1) is 0 Å². The lowest BCUT2D eigenvalue weighted by molar-refractivity contribution is 0.554. The first-order valence-corrected chi connectivity index (χ1v) is 10.4. The van der Waals surface area contributed by atoms with Crippen molar-refractivity contribution >= 4 is 50.7 Å². The SMILES string of the molecule is CCNC(=NCC(C)(C)S(C)(=O)=O)NCCc1c[nH]c2ccccc12.I. The van der Waals surface area contributed by atoms with Gasteiger partial charge in [0.05, 0.1) is 11.3 Å². The van der Waals surface area contributed by atoms with Crippen LogP contribution < -0.4 is 10.6 Å². The molecule has 0 aliphatic heterocycles. The smallest absolute Gasteiger partial charge is 0.191 e. The maximum Gasteiger partial charge on any atom is 0.191 e. The van der Waals surface area contributed by atoms with Crippen molar-refractivity contribution in [2.75, 3.05) is 25.9 Å². The van der Waals surface area contributed by atoms with E-state index in [1.165, 1.54) is 17.2 Å². The lowest BCUT2D eigenvalue weighted by Gasteiger charge is -2.21. The van der Waals surface area contributed by atoms with E-state index in [0.717, 1.165) is 18.5 Å². The number of aliphatic imine (C=N–C) groups is 1. The van der Waals surface area contributed by atoms with Crippen molar-refractivity contribution in [1.29, 1.82) is 0 Å². The van der Waals surface area contributed by atoms with E-state index in [4.69, 9.17) is 0 Å². The van der Waals surface area contributed by atoms with Gasteiger partial charge in [-0.05, 0) is 38.8 Å². The van der Waals surface area contributed by atoms with Gasteiger partial charge in [-0.15, -0.1) is 24.0 Å². The van der Waals surface area contributed by atoms with Gasteiger partial charge < -0.3 is 15.6 Å². The van der Waals surface area contributed by atoms with Gasteiger partial charge in [-0.25, -0.2) is 8.42 Å². The number of nitrogens with one attached hydrogen (secondary N) is 3. The molecule has 1 aromatic carbocycles. The third-order valence-corrected chi connectivity index (χ3v) is 6.46. The van der Waals surface area contributed by atoms with E-state index < -0.39 is 14.6 Å². The number of nitrogens with zero attached hydrogens (tertiary/aromatic N) is 1. The molecule has 0 radical (unpaired) electrons. The third kappa shape index (κ3) is 5.87. The highest BCUT2D eigenvalue weighted by Gasteiger charge is 2.29. The van der Waals surface area contributed by atoms with Crippen molar-refractivity contribution in [1.82, 2.24) is 15.6 Å². The summed E-state index contributed by atoms with van der Waals surface area (Å²) in [5, 5.41) is 7.66. The Labute approximate surface area is 173 Å². The lowest BCUT2D eigenvalue weighted by Crippen LogP contribution is -2.41. The number of benzene rings is 1. The first-order chi connectivity index (χ1) is 11.7. The molecule has 0 saturated heterocycles. The van der Waals surface area contributed by atoms with E-state index in [1.807, 2.05) is 25.3 Å². The van der Waals surface area contributed by atoms with Crippen LogP contribution in [-0.2, 0) is 16.3 Å². The van der Waals surface area contributed by atoms with Gasteiger partial charge in [0.1, 0.15) is 0 Å². The molecular weight excluding hydrogens is 463 g/mol. The highest BCUT2D eigenvalue weighted by atomic mass is 127. The molecule has 2 rings (SSSR count). The van der Waals surface area contributed by atoms with E-state index in [9.17, 15) is 8.42 Å². The Morgan fingerprint density at radius 2 is 1.92 bits per heavy atom. The van der Waals surface area contributed by atoms with Crippen LogP contribution in [-0.4, -0.2) is 50.0 Å². The molecule has 0 saturated carbocycles. The van der Waals surface area contributed by atoms with Crippen molar-refractivity contribution in [2.24, 2.45) is 4.99 Å². The van der Waals surface area contributed by atoms with Gasteiger partial charge in [-0.3, -0.25) is 4.99 Å². The van der Waals surface area contributed by atoms with Gasteiger partial charge in [0.2, 0.25) is 0 Å². The summed E-state index contributed by atoms with van der Waals surface area (Å²) in [5.74, 6) is 0.638. The second-order valence-corrected chi connectivity index (χ2v) is 9.41. The summed E-state index contributed by atoms with van der Waals surface area (Å²) in [5.41, 5.74) is 2.38. The molecule has 0 fully saturated rings. The second-order valence-electron chi connectivity index (χ2n) is 6.76. The number of rotatable bonds is 7. The molecule has 1 aromatic heterocycles. The Morgan fingerprint density at radius 3 is 2.58 bits per heavy atom. The summed E-state index contributed by atoms with van der Waals surface area (Å²) in [6.45, 7) is 7.03. The number of para-hydroxylation sites is 1. The summed E-state index contributed by atoms with van der Waals surface area (Å²) >= 11 is 0. The van der Waals surface area contributed by atoms with E-state index in [1.54, 1.807) is 13.8 Å². The Balaban J connectivity index is 0.00000338. The number of halogens is 1. The van der Waals surface area contributed by atoms with Crippen molar-refractivity contribution in [3.8, 4) is 0 Å². The summed E-state index contributed by atoms with van der Waals surface area (Å²) in [4.78, 5) is 7.71.